The Labute approximate surface area is 275 Å². The highest BCUT2D eigenvalue weighted by Gasteiger charge is 2.40. The number of hydrogen-bond acceptors (Lipinski definition) is 9. The molecule has 6 heterocycles. The van der Waals surface area contributed by atoms with E-state index in [9.17, 15) is 14.4 Å². The van der Waals surface area contributed by atoms with E-state index in [1.54, 1.807) is 0 Å². The average molecular weight is 677 g/mol. The minimum absolute atomic E-state index is 0.345. The quantitative estimate of drug-likeness (QED) is 0.0852. The van der Waals surface area contributed by atoms with Crippen molar-refractivity contribution in [1.82, 2.24) is 0 Å². The molecule has 6 aromatic rings. The molecule has 0 unspecified atom stereocenters. The highest BCUT2D eigenvalue weighted by Crippen LogP contribution is 2.54. The van der Waals surface area contributed by atoms with Crippen LogP contribution in [0.25, 0.3) is 29.3 Å². The Kier molecular flexibility index (Phi) is 9.47. The maximum Gasteiger partial charge on any atom is 0.160 e. The van der Waals surface area contributed by atoms with Crippen molar-refractivity contribution < 1.29 is 14.4 Å². The molecule has 0 saturated carbocycles. The number of rotatable bonds is 14. The van der Waals surface area contributed by atoms with E-state index in [1.165, 1.54) is 82.5 Å². The molecule has 0 aliphatic rings. The van der Waals surface area contributed by atoms with Crippen molar-refractivity contribution >= 4 is 86.9 Å². The van der Waals surface area contributed by atoms with Crippen LogP contribution in [0.3, 0.4) is 0 Å². The molecule has 0 aromatic carbocycles. The Morgan fingerprint density at radius 3 is 1.14 bits per heavy atom. The zero-order valence-electron chi connectivity index (χ0n) is 23.4. The van der Waals surface area contributed by atoms with E-state index in [0.29, 0.717) is 0 Å². The van der Waals surface area contributed by atoms with Crippen molar-refractivity contribution in [3.05, 3.63) is 102 Å². The second-order valence-corrected chi connectivity index (χ2v) is 16.8. The molecule has 0 aliphatic carbocycles. The van der Waals surface area contributed by atoms with E-state index >= 15 is 0 Å². The summed E-state index contributed by atoms with van der Waals surface area (Å²) in [5, 5.41) is 0. The lowest BCUT2D eigenvalue weighted by Crippen LogP contribution is -2.26. The fraction of sp³-hybridized carbons (Fsp3) is 0.206. The first-order valence-corrected chi connectivity index (χ1v) is 18.9. The third kappa shape index (κ3) is 6.12. The molecule has 0 radical (unpaired) electrons. The molecule has 0 aliphatic heterocycles. The lowest BCUT2D eigenvalue weighted by molar-refractivity contribution is 0.111. The number of hydrogen-bond donors (Lipinski definition) is 0. The summed E-state index contributed by atoms with van der Waals surface area (Å²) in [6.07, 6.45) is 8.38. The van der Waals surface area contributed by atoms with Gasteiger partial charge >= 0.3 is 0 Å². The molecule has 6 aromatic heterocycles. The van der Waals surface area contributed by atoms with Crippen LogP contribution in [-0.2, 0) is 5.41 Å². The van der Waals surface area contributed by atoms with Gasteiger partial charge in [0.1, 0.15) is 0 Å². The first kappa shape index (κ1) is 30.2. The number of thiophene rings is 6. The minimum Gasteiger partial charge on any atom is -0.297 e. The van der Waals surface area contributed by atoms with Crippen molar-refractivity contribution in [2.45, 2.75) is 44.4 Å². The number of aldehydes is 3. The monoisotopic (exact) mass is 676 g/mol. The molecule has 6 rings (SSSR count). The number of carbonyl (C=O) groups is 3. The van der Waals surface area contributed by atoms with Crippen LogP contribution < -0.4 is 0 Å². The van der Waals surface area contributed by atoms with Gasteiger partial charge in [0.25, 0.3) is 0 Å². The summed E-state index contributed by atoms with van der Waals surface area (Å²) in [6, 6.07) is 25.3. The molecule has 3 nitrogen and oxygen atoms in total. The molecule has 0 fully saturated rings. The molecule has 0 saturated heterocycles. The van der Waals surface area contributed by atoms with Crippen LogP contribution in [0.2, 0.25) is 0 Å². The molecule has 0 bridgehead atoms. The average Bonchev–Trinajstić information content (AvgIpc) is 3.88. The zero-order valence-corrected chi connectivity index (χ0v) is 28.3. The first-order chi connectivity index (χ1) is 21.1. The van der Waals surface area contributed by atoms with Gasteiger partial charge in [-0.1, -0.05) is 32.6 Å². The predicted octanol–water partition coefficient (Wildman–Crippen LogP) is 11.8. The summed E-state index contributed by atoms with van der Waals surface area (Å²) in [5.41, 5.74) is -0.345. The Balaban J connectivity index is 1.51. The smallest absolute Gasteiger partial charge is 0.160 e. The molecule has 43 heavy (non-hydrogen) atoms. The van der Waals surface area contributed by atoms with Crippen LogP contribution in [0.5, 0.6) is 0 Å². The summed E-state index contributed by atoms with van der Waals surface area (Å²) in [4.78, 5) is 47.2. The van der Waals surface area contributed by atoms with Crippen LogP contribution in [-0.4, -0.2) is 18.9 Å². The lowest BCUT2D eigenvalue weighted by atomic mass is 9.78. The van der Waals surface area contributed by atoms with Crippen molar-refractivity contribution in [3.63, 3.8) is 0 Å². The van der Waals surface area contributed by atoms with Crippen molar-refractivity contribution in [2.24, 2.45) is 0 Å². The van der Waals surface area contributed by atoms with Crippen molar-refractivity contribution in [2.75, 3.05) is 0 Å². The summed E-state index contributed by atoms with van der Waals surface area (Å²) < 4.78 is 0. The van der Waals surface area contributed by atoms with E-state index in [-0.39, 0.29) is 5.41 Å². The third-order valence-corrected chi connectivity index (χ3v) is 14.8. The SMILES string of the molecule is CCCCCCC(c1ccc(-c2ccc(C=O)s2)s1)(c1ccc(-c2ccc(C=O)s2)s1)c1ccc(-c2ccc(C=O)s2)s1. The van der Waals surface area contributed by atoms with Gasteiger partial charge in [-0.25, -0.2) is 0 Å². The predicted molar refractivity (Wildman–Crippen MR) is 188 cm³/mol. The van der Waals surface area contributed by atoms with Gasteiger partial charge in [0, 0.05) is 43.9 Å². The summed E-state index contributed by atoms with van der Waals surface area (Å²) >= 11 is 10.0. The lowest BCUT2D eigenvalue weighted by Gasteiger charge is -2.32. The van der Waals surface area contributed by atoms with Gasteiger partial charge < -0.3 is 0 Å². The maximum absolute atomic E-state index is 11.4. The Morgan fingerprint density at radius 1 is 0.465 bits per heavy atom. The van der Waals surface area contributed by atoms with Gasteiger partial charge in [0.2, 0.25) is 0 Å². The molecular formula is C34H28O3S6. The number of unbranched alkanes of at least 4 members (excludes halogenated alkanes) is 3. The van der Waals surface area contributed by atoms with Gasteiger partial charge in [-0.3, -0.25) is 14.4 Å². The Bertz CT molecular complexity index is 1650. The molecule has 0 amide bonds. The summed E-state index contributed by atoms with van der Waals surface area (Å²) in [5.74, 6) is 0. The van der Waals surface area contributed by atoms with Crippen molar-refractivity contribution in [1.29, 1.82) is 0 Å². The molecule has 0 N–H and O–H groups in total. The van der Waals surface area contributed by atoms with E-state index in [1.807, 2.05) is 70.4 Å². The van der Waals surface area contributed by atoms with E-state index in [4.69, 9.17) is 0 Å². The highest BCUT2D eigenvalue weighted by molar-refractivity contribution is 7.25. The topological polar surface area (TPSA) is 51.2 Å². The van der Waals surface area contributed by atoms with Crippen LogP contribution >= 0.6 is 68.0 Å². The van der Waals surface area contributed by atoms with Gasteiger partial charge in [0.15, 0.2) is 18.9 Å². The molecular weight excluding hydrogens is 649 g/mol. The van der Waals surface area contributed by atoms with Gasteiger partial charge in [-0.05, 0) is 79.2 Å². The third-order valence-electron chi connectivity index (χ3n) is 7.44. The van der Waals surface area contributed by atoms with Gasteiger partial charge in [0.05, 0.1) is 20.0 Å². The normalized spacial score (nSPS) is 11.7. The van der Waals surface area contributed by atoms with E-state index in [0.717, 1.165) is 61.0 Å². The number of carbonyl (C=O) groups excluding carboxylic acids is 3. The standard InChI is InChI=1S/C34H28O3S6/c1-2-3-4-5-18-34(31-15-12-28(41-31)25-9-6-22(19-35)38-25,32-16-13-29(42-32)26-10-7-23(20-36)39-26)33-17-14-30(43-33)27-11-8-24(21-37)40-27/h6-17,19-21H,2-5,18H2,1H3. The van der Waals surface area contributed by atoms with Crippen LogP contribution in [0.1, 0.15) is 82.7 Å². The maximum atomic E-state index is 11.4. The molecule has 0 spiro atoms. The first-order valence-electron chi connectivity index (χ1n) is 14.0. The minimum atomic E-state index is -0.345. The fourth-order valence-electron chi connectivity index (χ4n) is 5.30. The van der Waals surface area contributed by atoms with Gasteiger partial charge in [-0.15, -0.1) is 68.0 Å². The van der Waals surface area contributed by atoms with E-state index in [2.05, 4.69) is 43.3 Å². The zero-order chi connectivity index (χ0) is 29.8. The molecule has 0 atom stereocenters. The van der Waals surface area contributed by atoms with E-state index < -0.39 is 0 Å². The highest BCUT2D eigenvalue weighted by atomic mass is 32.1. The van der Waals surface area contributed by atoms with Crippen molar-refractivity contribution in [3.8, 4) is 29.3 Å². The second kappa shape index (κ2) is 13.5. The van der Waals surface area contributed by atoms with Crippen LogP contribution in [0.15, 0.2) is 72.8 Å². The Morgan fingerprint density at radius 2 is 0.814 bits per heavy atom. The van der Waals surface area contributed by atoms with Crippen LogP contribution in [0, 0.1) is 0 Å². The molecule has 9 heteroatoms. The molecule has 218 valence electrons. The van der Waals surface area contributed by atoms with Gasteiger partial charge in [-0.2, -0.15) is 0 Å². The van der Waals surface area contributed by atoms with Crippen LogP contribution in [0.4, 0.5) is 0 Å². The second-order valence-electron chi connectivity index (χ2n) is 10.2. The fourth-order valence-corrected chi connectivity index (χ4v) is 12.0. The Hall–Kier alpha value is -2.79. The largest absolute Gasteiger partial charge is 0.297 e. The summed E-state index contributed by atoms with van der Waals surface area (Å²) in [7, 11) is 0. The summed E-state index contributed by atoms with van der Waals surface area (Å²) in [6.45, 7) is 2.24.